The zero-order valence-electron chi connectivity index (χ0n) is 10.7. The summed E-state index contributed by atoms with van der Waals surface area (Å²) in [5.41, 5.74) is -1.83. The van der Waals surface area contributed by atoms with Crippen molar-refractivity contribution < 1.29 is 14.7 Å². The second kappa shape index (κ2) is 4.68. The van der Waals surface area contributed by atoms with Gasteiger partial charge in [-0.15, -0.1) is 6.58 Å². The van der Waals surface area contributed by atoms with Crippen LogP contribution < -0.4 is 0 Å². The second-order valence-electron chi connectivity index (χ2n) is 5.31. The van der Waals surface area contributed by atoms with E-state index in [9.17, 15) is 9.59 Å². The molecule has 92 valence electrons. The molecule has 4 heteroatoms. The highest BCUT2D eigenvalue weighted by Crippen LogP contribution is 2.24. The van der Waals surface area contributed by atoms with Crippen LogP contribution in [0.25, 0.3) is 0 Å². The standard InChI is InChI=1S/C12H21NO3/c1-7-8-13(11(2,3)4)9(14)12(5,6)10(15)16/h7H,1,8H2,2-6H3,(H,15,16). The van der Waals surface area contributed by atoms with Crippen molar-refractivity contribution in [3.8, 4) is 0 Å². The Balaban J connectivity index is 5.18. The molecule has 16 heavy (non-hydrogen) atoms. The normalized spacial score (nSPS) is 12.1. The summed E-state index contributed by atoms with van der Waals surface area (Å²) in [6.45, 7) is 12.4. The highest BCUT2D eigenvalue weighted by Gasteiger charge is 2.41. The third-order valence-electron chi connectivity index (χ3n) is 2.44. The van der Waals surface area contributed by atoms with E-state index in [1.54, 1.807) is 6.08 Å². The van der Waals surface area contributed by atoms with Gasteiger partial charge in [0.1, 0.15) is 5.41 Å². The van der Waals surface area contributed by atoms with Crippen LogP contribution in [-0.2, 0) is 9.59 Å². The molecule has 4 nitrogen and oxygen atoms in total. The van der Waals surface area contributed by atoms with Gasteiger partial charge in [-0.1, -0.05) is 6.08 Å². The molecule has 0 aromatic rings. The van der Waals surface area contributed by atoms with Crippen LogP contribution in [-0.4, -0.2) is 34.0 Å². The molecule has 0 heterocycles. The van der Waals surface area contributed by atoms with Gasteiger partial charge in [-0.05, 0) is 34.6 Å². The average Bonchev–Trinajstić information content (AvgIpc) is 2.10. The molecule has 1 N–H and O–H groups in total. The van der Waals surface area contributed by atoms with Crippen LogP contribution in [0, 0.1) is 5.41 Å². The third kappa shape index (κ3) is 3.08. The first-order valence-electron chi connectivity index (χ1n) is 5.21. The molecule has 0 fully saturated rings. The minimum absolute atomic E-state index is 0.346. The van der Waals surface area contributed by atoms with Gasteiger partial charge < -0.3 is 10.0 Å². The Kier molecular flexibility index (Phi) is 4.29. The number of aliphatic carboxylic acids is 1. The number of rotatable bonds is 4. The molecular formula is C12H21NO3. The summed E-state index contributed by atoms with van der Waals surface area (Å²) in [5.74, 6) is -1.51. The summed E-state index contributed by atoms with van der Waals surface area (Å²) < 4.78 is 0. The molecule has 0 unspecified atom stereocenters. The van der Waals surface area contributed by atoms with Crippen LogP contribution in [0.15, 0.2) is 12.7 Å². The van der Waals surface area contributed by atoms with Crippen molar-refractivity contribution in [1.82, 2.24) is 4.90 Å². The van der Waals surface area contributed by atoms with E-state index in [0.29, 0.717) is 6.54 Å². The molecule has 0 spiro atoms. The SMILES string of the molecule is C=CCN(C(=O)C(C)(C)C(=O)O)C(C)(C)C. The van der Waals surface area contributed by atoms with Crippen molar-refractivity contribution >= 4 is 11.9 Å². The first-order chi connectivity index (χ1) is 7.05. The van der Waals surface area contributed by atoms with E-state index in [2.05, 4.69) is 6.58 Å². The maximum atomic E-state index is 12.1. The van der Waals surface area contributed by atoms with Crippen LogP contribution in [0.4, 0.5) is 0 Å². The first kappa shape index (κ1) is 14.7. The predicted octanol–water partition coefficient (Wildman–Crippen LogP) is 1.91. The fourth-order valence-corrected chi connectivity index (χ4v) is 1.22. The van der Waals surface area contributed by atoms with Gasteiger partial charge in [0, 0.05) is 12.1 Å². The first-order valence-corrected chi connectivity index (χ1v) is 5.21. The van der Waals surface area contributed by atoms with E-state index in [0.717, 1.165) is 0 Å². The average molecular weight is 227 g/mol. The number of carboxylic acid groups (broad SMARTS) is 1. The van der Waals surface area contributed by atoms with E-state index in [1.165, 1.54) is 18.7 Å². The summed E-state index contributed by atoms with van der Waals surface area (Å²) in [6, 6.07) is 0. The third-order valence-corrected chi connectivity index (χ3v) is 2.44. The van der Waals surface area contributed by atoms with E-state index in [-0.39, 0.29) is 0 Å². The lowest BCUT2D eigenvalue weighted by Gasteiger charge is -2.38. The Bertz CT molecular complexity index is 300. The minimum Gasteiger partial charge on any atom is -0.480 e. The van der Waals surface area contributed by atoms with Crippen LogP contribution in [0.3, 0.4) is 0 Å². The van der Waals surface area contributed by atoms with Crippen LogP contribution in [0.1, 0.15) is 34.6 Å². The minimum atomic E-state index is -1.41. The number of carbonyl (C=O) groups is 2. The number of carboxylic acids is 1. The Morgan fingerprint density at radius 3 is 1.94 bits per heavy atom. The molecule has 0 rings (SSSR count). The number of nitrogens with zero attached hydrogens (tertiary/aromatic N) is 1. The molecule has 0 bridgehead atoms. The molecule has 1 amide bonds. The zero-order chi connectivity index (χ0) is 13.1. The van der Waals surface area contributed by atoms with E-state index >= 15 is 0 Å². The van der Waals surface area contributed by atoms with Crippen LogP contribution >= 0.6 is 0 Å². The molecule has 0 aliphatic heterocycles. The van der Waals surface area contributed by atoms with Crippen LogP contribution in [0.2, 0.25) is 0 Å². The monoisotopic (exact) mass is 227 g/mol. The van der Waals surface area contributed by atoms with Gasteiger partial charge in [0.2, 0.25) is 5.91 Å². The van der Waals surface area contributed by atoms with E-state index < -0.39 is 22.8 Å². The van der Waals surface area contributed by atoms with Crippen LogP contribution in [0.5, 0.6) is 0 Å². The van der Waals surface area contributed by atoms with Gasteiger partial charge >= 0.3 is 5.97 Å². The molecule has 0 aromatic carbocycles. The molecule has 0 aliphatic carbocycles. The summed E-state index contributed by atoms with van der Waals surface area (Å²) in [4.78, 5) is 24.7. The highest BCUT2D eigenvalue weighted by molar-refractivity contribution is 6.01. The molecule has 0 aromatic heterocycles. The van der Waals surface area contributed by atoms with Crippen molar-refractivity contribution in [2.45, 2.75) is 40.2 Å². The molecule has 0 aliphatic rings. The van der Waals surface area contributed by atoms with Crippen molar-refractivity contribution in [3.63, 3.8) is 0 Å². The molecule has 0 saturated carbocycles. The van der Waals surface area contributed by atoms with Crippen molar-refractivity contribution in [3.05, 3.63) is 12.7 Å². The fourth-order valence-electron chi connectivity index (χ4n) is 1.22. The smallest absolute Gasteiger partial charge is 0.318 e. The number of carbonyl (C=O) groups excluding carboxylic acids is 1. The zero-order valence-corrected chi connectivity index (χ0v) is 10.7. The number of hydrogen-bond acceptors (Lipinski definition) is 2. The molecular weight excluding hydrogens is 206 g/mol. The van der Waals surface area contributed by atoms with Gasteiger partial charge in [0.15, 0.2) is 0 Å². The molecule has 0 radical (unpaired) electrons. The predicted molar refractivity (Wildman–Crippen MR) is 63.1 cm³/mol. The largest absolute Gasteiger partial charge is 0.480 e. The van der Waals surface area contributed by atoms with E-state index in [4.69, 9.17) is 5.11 Å². The lowest BCUT2D eigenvalue weighted by atomic mass is 9.89. The fraction of sp³-hybridized carbons (Fsp3) is 0.667. The van der Waals surface area contributed by atoms with Crippen molar-refractivity contribution in [2.24, 2.45) is 5.41 Å². The summed E-state index contributed by atoms with van der Waals surface area (Å²) in [6.07, 6.45) is 1.60. The lowest BCUT2D eigenvalue weighted by Crippen LogP contribution is -2.53. The topological polar surface area (TPSA) is 57.6 Å². The summed E-state index contributed by atoms with van der Waals surface area (Å²) in [5, 5.41) is 9.02. The Labute approximate surface area is 96.9 Å². The Hall–Kier alpha value is -1.32. The summed E-state index contributed by atoms with van der Waals surface area (Å²) in [7, 11) is 0. The quantitative estimate of drug-likeness (QED) is 0.589. The molecule has 0 saturated heterocycles. The lowest BCUT2D eigenvalue weighted by molar-refractivity contribution is -0.160. The Morgan fingerprint density at radius 1 is 1.25 bits per heavy atom. The second-order valence-corrected chi connectivity index (χ2v) is 5.31. The number of hydrogen-bond donors (Lipinski definition) is 1. The van der Waals surface area contributed by atoms with Gasteiger partial charge in [0.25, 0.3) is 0 Å². The maximum Gasteiger partial charge on any atom is 0.318 e. The van der Waals surface area contributed by atoms with Gasteiger partial charge in [-0.2, -0.15) is 0 Å². The number of amides is 1. The highest BCUT2D eigenvalue weighted by atomic mass is 16.4. The van der Waals surface area contributed by atoms with Crippen molar-refractivity contribution in [1.29, 1.82) is 0 Å². The maximum absolute atomic E-state index is 12.1. The van der Waals surface area contributed by atoms with E-state index in [1.807, 2.05) is 20.8 Å². The van der Waals surface area contributed by atoms with Gasteiger partial charge in [0.05, 0.1) is 0 Å². The molecule has 0 atom stereocenters. The van der Waals surface area contributed by atoms with Gasteiger partial charge in [-0.3, -0.25) is 9.59 Å². The van der Waals surface area contributed by atoms with Gasteiger partial charge in [-0.25, -0.2) is 0 Å². The van der Waals surface area contributed by atoms with Crippen molar-refractivity contribution in [2.75, 3.05) is 6.54 Å². The summed E-state index contributed by atoms with van der Waals surface area (Å²) >= 11 is 0. The Morgan fingerprint density at radius 2 is 1.69 bits per heavy atom.